The van der Waals surface area contributed by atoms with Crippen molar-refractivity contribution in [3.05, 3.63) is 0 Å². The quantitative estimate of drug-likeness (QED) is 0.791. The summed E-state index contributed by atoms with van der Waals surface area (Å²) in [5.74, 6) is 0. The summed E-state index contributed by atoms with van der Waals surface area (Å²) < 4.78 is 76.3. The van der Waals surface area contributed by atoms with Gasteiger partial charge in [-0.2, -0.15) is 26.3 Å². The van der Waals surface area contributed by atoms with Crippen molar-refractivity contribution in [1.82, 2.24) is 5.32 Å². The fraction of sp³-hybridized carbons (Fsp3) is 0.900. The Hall–Kier alpha value is -1.15. The Morgan fingerprint density at radius 3 is 1.89 bits per heavy atom. The van der Waals surface area contributed by atoms with Crippen molar-refractivity contribution in [2.75, 3.05) is 0 Å². The van der Waals surface area contributed by atoms with Crippen LogP contribution in [0.4, 0.5) is 31.1 Å². The van der Waals surface area contributed by atoms with E-state index in [1.54, 1.807) is 0 Å². The van der Waals surface area contributed by atoms with Gasteiger partial charge in [0.2, 0.25) is 0 Å². The number of amides is 1. The Morgan fingerprint density at radius 2 is 1.47 bits per heavy atom. The van der Waals surface area contributed by atoms with Crippen LogP contribution >= 0.6 is 0 Å². The van der Waals surface area contributed by atoms with Gasteiger partial charge in [0.25, 0.3) is 6.10 Å². The maximum atomic E-state index is 12.1. The lowest BCUT2D eigenvalue weighted by Crippen LogP contribution is -2.48. The second-order valence-corrected chi connectivity index (χ2v) is 4.35. The van der Waals surface area contributed by atoms with Crippen molar-refractivity contribution in [2.24, 2.45) is 0 Å². The molecule has 1 amide bonds. The molecule has 1 fully saturated rings. The van der Waals surface area contributed by atoms with Crippen LogP contribution in [0.5, 0.6) is 0 Å². The number of halogens is 6. The highest BCUT2D eigenvalue weighted by molar-refractivity contribution is 5.68. The van der Waals surface area contributed by atoms with Crippen molar-refractivity contribution < 1.29 is 35.9 Å². The van der Waals surface area contributed by atoms with E-state index >= 15 is 0 Å². The van der Waals surface area contributed by atoms with Crippen molar-refractivity contribution in [3.63, 3.8) is 0 Å². The summed E-state index contributed by atoms with van der Waals surface area (Å²) in [6, 6.07) is -0.427. The molecule has 1 aliphatic carbocycles. The molecule has 112 valence electrons. The van der Waals surface area contributed by atoms with Crippen LogP contribution in [0.25, 0.3) is 0 Å². The summed E-state index contributed by atoms with van der Waals surface area (Å²) in [5, 5.41) is 2.03. The number of alkyl halides is 6. The molecule has 1 saturated carbocycles. The van der Waals surface area contributed by atoms with Gasteiger partial charge in [0.1, 0.15) is 0 Å². The van der Waals surface area contributed by atoms with Gasteiger partial charge >= 0.3 is 18.4 Å². The van der Waals surface area contributed by atoms with Crippen LogP contribution in [-0.4, -0.2) is 30.6 Å². The molecule has 0 aromatic carbocycles. The minimum atomic E-state index is -5.68. The van der Waals surface area contributed by atoms with Crippen molar-refractivity contribution in [1.29, 1.82) is 0 Å². The molecule has 0 heterocycles. The lowest BCUT2D eigenvalue weighted by atomic mass is 9.96. The van der Waals surface area contributed by atoms with Crippen molar-refractivity contribution >= 4 is 6.09 Å². The Kier molecular flexibility index (Phi) is 4.92. The number of rotatable bonds is 2. The van der Waals surface area contributed by atoms with E-state index in [-0.39, 0.29) is 0 Å². The molecule has 1 rings (SSSR count). The van der Waals surface area contributed by atoms with E-state index in [1.807, 2.05) is 5.32 Å². The molecular weight excluding hydrogens is 280 g/mol. The molecule has 0 atom stereocenters. The van der Waals surface area contributed by atoms with E-state index in [2.05, 4.69) is 4.74 Å². The fourth-order valence-electron chi connectivity index (χ4n) is 1.87. The third kappa shape index (κ3) is 5.15. The largest absolute Gasteiger partial charge is 0.434 e. The van der Waals surface area contributed by atoms with E-state index in [1.165, 1.54) is 0 Å². The topological polar surface area (TPSA) is 38.3 Å². The maximum absolute atomic E-state index is 12.1. The number of ether oxygens (including phenoxy) is 1. The molecule has 0 spiro atoms. The molecule has 0 aromatic rings. The second kappa shape index (κ2) is 5.87. The lowest BCUT2D eigenvalue weighted by Gasteiger charge is -2.26. The maximum Gasteiger partial charge on any atom is 0.434 e. The predicted molar refractivity (Wildman–Crippen MR) is 52.4 cm³/mol. The van der Waals surface area contributed by atoms with Crippen LogP contribution in [0.2, 0.25) is 0 Å². The van der Waals surface area contributed by atoms with Crippen LogP contribution in [0.15, 0.2) is 0 Å². The zero-order valence-corrected chi connectivity index (χ0v) is 9.77. The van der Waals surface area contributed by atoms with Crippen LogP contribution in [0.1, 0.15) is 32.1 Å². The molecule has 1 N–H and O–H groups in total. The Labute approximate surface area is 105 Å². The Morgan fingerprint density at radius 1 is 1.00 bits per heavy atom. The summed E-state index contributed by atoms with van der Waals surface area (Å²) in [6.45, 7) is 0. The lowest BCUT2D eigenvalue weighted by molar-refractivity contribution is -0.307. The van der Waals surface area contributed by atoms with Gasteiger partial charge in [-0.3, -0.25) is 0 Å². The van der Waals surface area contributed by atoms with Gasteiger partial charge in [0.05, 0.1) is 0 Å². The first-order valence-electron chi connectivity index (χ1n) is 5.71. The third-order valence-corrected chi connectivity index (χ3v) is 2.75. The van der Waals surface area contributed by atoms with Gasteiger partial charge in [0, 0.05) is 6.04 Å². The second-order valence-electron chi connectivity index (χ2n) is 4.35. The SMILES string of the molecule is O=C(NC1CCCCC1)OC(C(F)(F)F)C(F)(F)F. The van der Waals surface area contributed by atoms with Gasteiger partial charge in [-0.05, 0) is 12.8 Å². The molecule has 9 heteroatoms. The van der Waals surface area contributed by atoms with Crippen LogP contribution in [0.3, 0.4) is 0 Å². The summed E-state index contributed by atoms with van der Waals surface area (Å²) in [6.07, 6.45) is -13.6. The highest BCUT2D eigenvalue weighted by Crippen LogP contribution is 2.35. The minimum Gasteiger partial charge on any atom is -0.427 e. The van der Waals surface area contributed by atoms with E-state index < -0.39 is 30.6 Å². The van der Waals surface area contributed by atoms with Crippen molar-refractivity contribution in [3.8, 4) is 0 Å². The number of alkyl carbamates (subject to hydrolysis) is 1. The van der Waals surface area contributed by atoms with Gasteiger partial charge in [0.15, 0.2) is 0 Å². The monoisotopic (exact) mass is 293 g/mol. The van der Waals surface area contributed by atoms with Crippen LogP contribution in [0, 0.1) is 0 Å². The standard InChI is InChI=1S/C10H13F6NO2/c11-9(12,13)7(10(14,15)16)19-8(18)17-6-4-2-1-3-5-6/h6-7H,1-5H2,(H,17,18). The predicted octanol–water partition coefficient (Wildman–Crippen LogP) is 3.54. The normalized spacial score (nSPS) is 18.5. The summed E-state index contributed by atoms with van der Waals surface area (Å²) in [5.41, 5.74) is 0. The first-order valence-corrected chi connectivity index (χ1v) is 5.71. The zero-order valence-electron chi connectivity index (χ0n) is 9.77. The average molecular weight is 293 g/mol. The van der Waals surface area contributed by atoms with Gasteiger partial charge < -0.3 is 10.1 Å². The summed E-state index contributed by atoms with van der Waals surface area (Å²) in [7, 11) is 0. The zero-order chi connectivity index (χ0) is 14.7. The van der Waals surface area contributed by atoms with Crippen LogP contribution < -0.4 is 5.32 Å². The Balaban J connectivity index is 2.56. The van der Waals surface area contributed by atoms with E-state index in [4.69, 9.17) is 0 Å². The van der Waals surface area contributed by atoms with Gasteiger partial charge in [-0.1, -0.05) is 19.3 Å². The van der Waals surface area contributed by atoms with E-state index in [0.29, 0.717) is 12.8 Å². The third-order valence-electron chi connectivity index (χ3n) is 2.75. The highest BCUT2D eigenvalue weighted by Gasteiger charge is 2.60. The molecule has 0 saturated heterocycles. The molecule has 0 unspecified atom stereocenters. The molecule has 0 aromatic heterocycles. The van der Waals surface area contributed by atoms with E-state index in [9.17, 15) is 31.1 Å². The minimum absolute atomic E-state index is 0.427. The highest BCUT2D eigenvalue weighted by atomic mass is 19.4. The number of hydrogen-bond acceptors (Lipinski definition) is 2. The summed E-state index contributed by atoms with van der Waals surface area (Å²) >= 11 is 0. The van der Waals surface area contributed by atoms with E-state index in [0.717, 1.165) is 19.3 Å². The molecule has 0 aliphatic heterocycles. The number of carbonyl (C=O) groups is 1. The first-order chi connectivity index (χ1) is 8.60. The molecular formula is C10H13F6NO2. The molecule has 0 bridgehead atoms. The smallest absolute Gasteiger partial charge is 0.427 e. The Bertz CT molecular complexity index is 294. The number of nitrogens with one attached hydrogen (secondary N) is 1. The molecule has 0 radical (unpaired) electrons. The number of hydrogen-bond donors (Lipinski definition) is 1. The van der Waals surface area contributed by atoms with Crippen molar-refractivity contribution in [2.45, 2.75) is 56.6 Å². The first kappa shape index (κ1) is 15.9. The average Bonchev–Trinajstić information content (AvgIpc) is 2.24. The molecule has 3 nitrogen and oxygen atoms in total. The number of carbonyl (C=O) groups excluding carboxylic acids is 1. The van der Waals surface area contributed by atoms with Gasteiger partial charge in [-0.25, -0.2) is 4.79 Å². The molecule has 19 heavy (non-hydrogen) atoms. The van der Waals surface area contributed by atoms with Gasteiger partial charge in [-0.15, -0.1) is 0 Å². The fourth-order valence-corrected chi connectivity index (χ4v) is 1.87. The summed E-state index contributed by atoms with van der Waals surface area (Å²) in [4.78, 5) is 11.1. The van der Waals surface area contributed by atoms with Crippen LogP contribution in [-0.2, 0) is 4.74 Å². The molecule has 1 aliphatic rings.